The van der Waals surface area contributed by atoms with Gasteiger partial charge in [-0.05, 0) is 47.3 Å². The van der Waals surface area contributed by atoms with Crippen molar-refractivity contribution >= 4 is 33.7 Å². The zero-order chi connectivity index (χ0) is 37.7. The molecule has 0 aromatic carbocycles. The first-order valence-electron chi connectivity index (χ1n) is 17.0. The van der Waals surface area contributed by atoms with Crippen molar-refractivity contribution in [2.75, 3.05) is 32.9 Å². The van der Waals surface area contributed by atoms with Crippen LogP contribution in [0.1, 0.15) is 81.1 Å². The molecule has 0 aromatic rings. The van der Waals surface area contributed by atoms with E-state index in [1.54, 1.807) is 4.90 Å². The Hall–Kier alpha value is -2.99. The maximum Gasteiger partial charge on any atom is 0.315 e. The maximum absolute atomic E-state index is 14.2. The van der Waals surface area contributed by atoms with Crippen molar-refractivity contribution in [3.05, 3.63) is 12.7 Å². The van der Waals surface area contributed by atoms with E-state index in [0.717, 1.165) is 19.1 Å². The number of rotatable bonds is 15. The largest absolute Gasteiger partial charge is 0.376 e. The lowest BCUT2D eigenvalue weighted by Crippen LogP contribution is -2.64. The van der Waals surface area contributed by atoms with Crippen LogP contribution in [0.15, 0.2) is 12.7 Å². The molecule has 5 N–H and O–H groups in total. The molecule has 2 unspecified atom stereocenters. The molecular weight excluding hydrogens is 648 g/mol. The molecule has 1 saturated carbocycles. The maximum atomic E-state index is 14.2. The Labute approximate surface area is 293 Å². The highest BCUT2D eigenvalue weighted by Crippen LogP contribution is 2.53. The number of ketones is 1. The normalized spacial score (nSPS) is 23.4. The van der Waals surface area contributed by atoms with Crippen molar-refractivity contribution in [2.24, 2.45) is 28.1 Å². The van der Waals surface area contributed by atoms with Crippen molar-refractivity contribution < 1.29 is 32.7 Å². The number of amides is 4. The van der Waals surface area contributed by atoms with Crippen molar-refractivity contribution in [3.8, 4) is 12.3 Å². The second-order valence-electron chi connectivity index (χ2n) is 16.4. The third kappa shape index (κ3) is 11.0. The lowest BCUT2D eigenvalue weighted by Gasteiger charge is -2.42. The summed E-state index contributed by atoms with van der Waals surface area (Å²) in [6.07, 6.45) is 8.50. The number of fused-ring (bicyclic) bond motifs is 1. The number of likely N-dealkylation sites (N-methyl/N-ethyl adjacent to an activating group) is 1. The third-order valence-corrected chi connectivity index (χ3v) is 11.4. The fraction of sp³-hybridized carbons (Fsp3) is 0.771. The van der Waals surface area contributed by atoms with E-state index in [1.807, 2.05) is 41.5 Å². The van der Waals surface area contributed by atoms with Crippen LogP contribution in [0.5, 0.6) is 0 Å². The second kappa shape index (κ2) is 16.4. The predicted molar refractivity (Wildman–Crippen MR) is 190 cm³/mol. The average Bonchev–Trinajstić information content (AvgIpc) is 3.50. The Morgan fingerprint density at radius 2 is 1.71 bits per heavy atom. The van der Waals surface area contributed by atoms with Crippen molar-refractivity contribution in [2.45, 2.75) is 111 Å². The summed E-state index contributed by atoms with van der Waals surface area (Å²) >= 11 is 0. The topological polar surface area (TPSA) is 177 Å². The zero-order valence-corrected chi connectivity index (χ0v) is 31.9. The van der Waals surface area contributed by atoms with Crippen LogP contribution in [-0.4, -0.2) is 110 Å². The minimum absolute atomic E-state index is 0.0382. The summed E-state index contributed by atoms with van der Waals surface area (Å²) in [5, 5.41) is 23.2. The van der Waals surface area contributed by atoms with Gasteiger partial charge in [0.2, 0.25) is 21.7 Å². The molecule has 0 radical (unpaired) electrons. The van der Waals surface area contributed by atoms with E-state index in [0.29, 0.717) is 6.54 Å². The Kier molecular flexibility index (Phi) is 14.1. The number of urea groups is 1. The van der Waals surface area contributed by atoms with Crippen LogP contribution >= 0.6 is 0 Å². The van der Waals surface area contributed by atoms with E-state index >= 15 is 0 Å². The first-order chi connectivity index (χ1) is 22.4. The van der Waals surface area contributed by atoms with Crippen LogP contribution < -0.4 is 21.3 Å². The molecule has 278 valence electrons. The molecule has 14 heteroatoms. The minimum Gasteiger partial charge on any atom is -0.376 e. The highest BCUT2D eigenvalue weighted by atomic mass is 32.2. The van der Waals surface area contributed by atoms with Gasteiger partial charge in [0.15, 0.2) is 0 Å². The predicted octanol–water partition coefficient (Wildman–Crippen LogP) is 1.83. The van der Waals surface area contributed by atoms with E-state index in [4.69, 9.17) is 6.42 Å². The lowest BCUT2D eigenvalue weighted by atomic mass is 9.79. The van der Waals surface area contributed by atoms with E-state index in [-0.39, 0.29) is 43.2 Å². The summed E-state index contributed by atoms with van der Waals surface area (Å²) in [6.45, 7) is 19.6. The summed E-state index contributed by atoms with van der Waals surface area (Å²) < 4.78 is 25.5. The van der Waals surface area contributed by atoms with Crippen molar-refractivity contribution in [3.63, 3.8) is 0 Å². The van der Waals surface area contributed by atoms with Crippen LogP contribution in [-0.2, 0) is 24.4 Å². The smallest absolute Gasteiger partial charge is 0.315 e. The van der Waals surface area contributed by atoms with Gasteiger partial charge >= 0.3 is 6.03 Å². The number of hydrogen-bond acceptors (Lipinski definition) is 8. The summed E-state index contributed by atoms with van der Waals surface area (Å²) in [5.74, 6) is 0.187. The molecule has 4 amide bonds. The number of carbonyl (C=O) groups excluding carboxylic acids is 4. The van der Waals surface area contributed by atoms with Gasteiger partial charge < -0.3 is 26.4 Å². The number of aliphatic hydroxyl groups excluding tert-OH is 1. The van der Waals surface area contributed by atoms with Crippen molar-refractivity contribution in [1.82, 2.24) is 30.5 Å². The Balaban J connectivity index is 2.43. The molecule has 49 heavy (non-hydrogen) atoms. The molecule has 2 fully saturated rings. The van der Waals surface area contributed by atoms with Crippen molar-refractivity contribution in [1.29, 1.82) is 0 Å². The molecule has 0 spiro atoms. The van der Waals surface area contributed by atoms with E-state index in [2.05, 4.69) is 47.6 Å². The second-order valence-corrected chi connectivity index (χ2v) is 18.5. The van der Waals surface area contributed by atoms with Crippen LogP contribution in [0.2, 0.25) is 0 Å². The fourth-order valence-corrected chi connectivity index (χ4v) is 7.25. The van der Waals surface area contributed by atoms with Gasteiger partial charge in [-0.2, -0.15) is 0 Å². The van der Waals surface area contributed by atoms with Gasteiger partial charge in [0.05, 0.1) is 24.4 Å². The minimum atomic E-state index is -3.50. The van der Waals surface area contributed by atoms with Gasteiger partial charge in [0.25, 0.3) is 5.91 Å². The summed E-state index contributed by atoms with van der Waals surface area (Å²) in [6, 6.07) is -4.05. The molecule has 1 aliphatic heterocycles. The molecule has 2 rings (SSSR count). The van der Waals surface area contributed by atoms with Gasteiger partial charge in [-0.3, -0.25) is 19.3 Å². The molecule has 1 aliphatic carbocycles. The molecule has 0 bridgehead atoms. The first kappa shape index (κ1) is 42.2. The van der Waals surface area contributed by atoms with Gasteiger partial charge in [0, 0.05) is 39.1 Å². The number of terminal acetylenes is 1. The van der Waals surface area contributed by atoms with Crippen LogP contribution in [0.25, 0.3) is 0 Å². The molecule has 1 saturated heterocycles. The van der Waals surface area contributed by atoms with Crippen LogP contribution in [0, 0.1) is 40.4 Å². The number of aliphatic hydroxyl groups is 1. The van der Waals surface area contributed by atoms with Gasteiger partial charge in [-0.15, -0.1) is 18.9 Å². The molecule has 0 aromatic heterocycles. The average molecular weight is 709 g/mol. The van der Waals surface area contributed by atoms with Crippen LogP contribution in [0.4, 0.5) is 4.79 Å². The first-order valence-corrected chi connectivity index (χ1v) is 18.8. The van der Waals surface area contributed by atoms with E-state index in [1.165, 1.54) is 17.4 Å². The monoisotopic (exact) mass is 708 g/mol. The van der Waals surface area contributed by atoms with Gasteiger partial charge in [-0.1, -0.05) is 61.5 Å². The van der Waals surface area contributed by atoms with Gasteiger partial charge in [0.1, 0.15) is 6.23 Å². The Morgan fingerprint density at radius 3 is 2.22 bits per heavy atom. The zero-order valence-electron chi connectivity index (χ0n) is 31.1. The number of nitrogens with one attached hydrogen (secondary N) is 4. The molecule has 13 nitrogen and oxygen atoms in total. The SMILES string of the molecule is C#CCCC(NC(=O)[C@@H]1[C@H]2CCC(C)(C)[C@H]2CN1C(O)[C@@H](NC(=O)N[C@H](CN(C)S(C)(=O)=O)C(C)(C)C)C(C)(C)C)C(=O)C(=O)NCC=C. The standard InChI is InChI=1S/C35H60N6O7S/c1-13-15-16-24(27(42)30(44)36-19-14-2)37-29(43)26-22-17-18-35(9,10)23(22)20-41(26)31(45)28(34(6,7)8)39-32(46)38-25(33(3,4)5)21-40(11)49(12,47)48/h1,14,22-26,28,31,45H,2,15-21H2,3-12H3,(H,36,44)(H,37,43)(H2,38,39,46)/t22-,23-,24?,25+,26-,28+,31?/m0/s1. The highest BCUT2D eigenvalue weighted by molar-refractivity contribution is 7.88. The quantitative estimate of drug-likeness (QED) is 0.0973. The lowest BCUT2D eigenvalue weighted by molar-refractivity contribution is -0.142. The number of carbonyl (C=O) groups is 4. The molecule has 1 heterocycles. The summed E-state index contributed by atoms with van der Waals surface area (Å²) in [4.78, 5) is 55.2. The highest BCUT2D eigenvalue weighted by Gasteiger charge is 2.57. The number of hydrogen-bond donors (Lipinski definition) is 5. The number of nitrogens with zero attached hydrogens (tertiary/aromatic N) is 2. The molecular formula is C35H60N6O7S. The number of Topliss-reactive ketones (excluding diaryl/α,β-unsaturated/α-hetero) is 1. The number of sulfonamides is 1. The summed E-state index contributed by atoms with van der Waals surface area (Å²) in [7, 11) is -2.06. The summed E-state index contributed by atoms with van der Waals surface area (Å²) in [5.41, 5.74) is -1.34. The molecule has 2 aliphatic rings. The third-order valence-electron chi connectivity index (χ3n) is 10.1. The molecule has 7 atom stereocenters. The number of likely N-dealkylation sites (tertiary alicyclic amines) is 1. The van der Waals surface area contributed by atoms with Gasteiger partial charge in [-0.25, -0.2) is 17.5 Å². The Morgan fingerprint density at radius 1 is 1.10 bits per heavy atom. The van der Waals surface area contributed by atoms with E-state index < -0.39 is 74.9 Å². The Bertz CT molecular complexity index is 1380. The fourth-order valence-electron chi connectivity index (χ4n) is 6.83. The van der Waals surface area contributed by atoms with E-state index in [9.17, 15) is 32.7 Å². The van der Waals surface area contributed by atoms with Crippen LogP contribution in [0.3, 0.4) is 0 Å².